The highest BCUT2D eigenvalue weighted by Gasteiger charge is 2.12. The van der Waals surface area contributed by atoms with Crippen molar-refractivity contribution < 1.29 is 14.4 Å². The molecule has 0 atom stereocenters. The van der Waals surface area contributed by atoms with Gasteiger partial charge in [0.1, 0.15) is 0 Å². The maximum Gasteiger partial charge on any atom is 0.358 e. The number of carbonyl (C=O) groups is 1. The van der Waals surface area contributed by atoms with Crippen LogP contribution < -0.4 is 5.56 Å². The number of aromatic nitrogens is 2. The second-order valence-electron chi connectivity index (χ2n) is 3.42. The van der Waals surface area contributed by atoms with Gasteiger partial charge in [-0.05, 0) is 37.9 Å². The van der Waals surface area contributed by atoms with E-state index in [4.69, 9.17) is 9.63 Å². The largest absolute Gasteiger partial charge is 0.476 e. The molecule has 18 heavy (non-hydrogen) atoms. The lowest BCUT2D eigenvalue weighted by atomic mass is 10.3. The summed E-state index contributed by atoms with van der Waals surface area (Å²) in [5, 5.41) is 12.1. The first-order valence-electron chi connectivity index (χ1n) is 4.72. The van der Waals surface area contributed by atoms with Gasteiger partial charge in [-0.15, -0.1) is 0 Å². The maximum atomic E-state index is 11.8. The van der Waals surface area contributed by atoms with Crippen molar-refractivity contribution in [3.05, 3.63) is 49.1 Å². The van der Waals surface area contributed by atoms with Crippen LogP contribution in [0.3, 0.4) is 0 Å². The second kappa shape index (κ2) is 5.07. The van der Waals surface area contributed by atoms with Crippen molar-refractivity contribution in [1.29, 1.82) is 0 Å². The van der Waals surface area contributed by atoms with E-state index in [1.54, 1.807) is 12.3 Å². The molecule has 0 fully saturated rings. The third kappa shape index (κ3) is 2.70. The number of hydrogen-bond acceptors (Lipinski definition) is 4. The summed E-state index contributed by atoms with van der Waals surface area (Å²) >= 11 is 6.39. The highest BCUT2D eigenvalue weighted by Crippen LogP contribution is 2.14. The van der Waals surface area contributed by atoms with Gasteiger partial charge in [-0.2, -0.15) is 0 Å². The Morgan fingerprint density at radius 3 is 2.78 bits per heavy atom. The van der Waals surface area contributed by atoms with Crippen molar-refractivity contribution in [1.82, 2.24) is 9.72 Å². The fraction of sp³-hybridized carbons (Fsp3) is 0.100. The lowest BCUT2D eigenvalue weighted by Gasteiger charge is -2.04. The molecule has 2 rings (SSSR count). The lowest BCUT2D eigenvalue weighted by Crippen LogP contribution is -2.20. The van der Waals surface area contributed by atoms with Crippen LogP contribution in [0.2, 0.25) is 0 Å². The average molecular weight is 378 g/mol. The van der Waals surface area contributed by atoms with Gasteiger partial charge in [-0.1, -0.05) is 5.16 Å². The number of hydrogen-bond donors (Lipinski definition) is 1. The average Bonchev–Trinajstić information content (AvgIpc) is 2.74. The molecule has 0 radical (unpaired) electrons. The summed E-state index contributed by atoms with van der Waals surface area (Å²) in [6.45, 7) is 0.108. The van der Waals surface area contributed by atoms with Crippen LogP contribution >= 0.6 is 31.9 Å². The molecule has 8 heteroatoms. The predicted octanol–water partition coefficient (Wildman–Crippen LogP) is 2.11. The van der Waals surface area contributed by atoms with E-state index in [0.717, 1.165) is 0 Å². The van der Waals surface area contributed by atoms with Crippen LogP contribution in [0.4, 0.5) is 0 Å². The van der Waals surface area contributed by atoms with Crippen LogP contribution in [0.15, 0.2) is 36.6 Å². The number of rotatable bonds is 3. The normalized spacial score (nSPS) is 10.6. The van der Waals surface area contributed by atoms with Crippen molar-refractivity contribution in [2.45, 2.75) is 6.54 Å². The molecular weight excluding hydrogens is 372 g/mol. The molecule has 2 heterocycles. The van der Waals surface area contributed by atoms with Crippen molar-refractivity contribution >= 4 is 37.8 Å². The zero-order valence-electron chi connectivity index (χ0n) is 8.76. The maximum absolute atomic E-state index is 11.8. The van der Waals surface area contributed by atoms with Crippen molar-refractivity contribution in [2.75, 3.05) is 0 Å². The second-order valence-corrected chi connectivity index (χ2v) is 5.19. The van der Waals surface area contributed by atoms with Crippen LogP contribution in [-0.4, -0.2) is 20.8 Å². The predicted molar refractivity (Wildman–Crippen MR) is 68.7 cm³/mol. The molecule has 0 aromatic carbocycles. The molecule has 94 valence electrons. The summed E-state index contributed by atoms with van der Waals surface area (Å²) in [4.78, 5) is 22.4. The van der Waals surface area contributed by atoms with Crippen LogP contribution in [-0.2, 0) is 6.54 Å². The number of carboxylic acid groups (broad SMARTS) is 1. The first kappa shape index (κ1) is 13.0. The minimum atomic E-state index is -1.17. The summed E-state index contributed by atoms with van der Waals surface area (Å²) in [7, 11) is 0. The molecule has 6 nitrogen and oxygen atoms in total. The van der Waals surface area contributed by atoms with E-state index in [0.29, 0.717) is 14.7 Å². The van der Waals surface area contributed by atoms with Gasteiger partial charge in [0.15, 0.2) is 11.5 Å². The molecule has 0 aliphatic rings. The lowest BCUT2D eigenvalue weighted by molar-refractivity contribution is 0.0685. The van der Waals surface area contributed by atoms with Crippen LogP contribution in [0.1, 0.15) is 16.2 Å². The van der Waals surface area contributed by atoms with E-state index in [2.05, 4.69) is 37.0 Å². The molecule has 0 aliphatic carbocycles. The third-order valence-corrected chi connectivity index (χ3v) is 3.11. The van der Waals surface area contributed by atoms with Gasteiger partial charge in [0.2, 0.25) is 0 Å². The summed E-state index contributed by atoms with van der Waals surface area (Å²) in [5.74, 6) is -0.882. The molecule has 0 spiro atoms. The zero-order chi connectivity index (χ0) is 13.3. The minimum Gasteiger partial charge on any atom is -0.476 e. The summed E-state index contributed by atoms with van der Waals surface area (Å²) < 4.78 is 7.33. The molecule has 2 aromatic rings. The van der Waals surface area contributed by atoms with E-state index in [1.807, 2.05) is 0 Å². The quantitative estimate of drug-likeness (QED) is 0.885. The van der Waals surface area contributed by atoms with Crippen LogP contribution in [0.5, 0.6) is 0 Å². The Balaban J connectivity index is 2.34. The van der Waals surface area contributed by atoms with Gasteiger partial charge < -0.3 is 14.2 Å². The highest BCUT2D eigenvalue weighted by molar-refractivity contribution is 9.11. The molecule has 0 saturated heterocycles. The van der Waals surface area contributed by atoms with E-state index < -0.39 is 5.97 Å². The Morgan fingerprint density at radius 1 is 1.44 bits per heavy atom. The Bertz CT molecular complexity index is 662. The van der Waals surface area contributed by atoms with Gasteiger partial charge in [0.25, 0.3) is 5.56 Å². The third-order valence-electron chi connectivity index (χ3n) is 2.11. The number of halogens is 2. The number of nitrogens with zero attached hydrogens (tertiary/aromatic N) is 2. The van der Waals surface area contributed by atoms with Crippen LogP contribution in [0.25, 0.3) is 0 Å². The first-order valence-corrected chi connectivity index (χ1v) is 6.30. The highest BCUT2D eigenvalue weighted by atomic mass is 79.9. The Labute approximate surface area is 117 Å². The molecule has 0 bridgehead atoms. The van der Waals surface area contributed by atoms with Gasteiger partial charge in [-0.25, -0.2) is 4.79 Å². The van der Waals surface area contributed by atoms with E-state index >= 15 is 0 Å². The Kier molecular flexibility index (Phi) is 3.67. The summed E-state index contributed by atoms with van der Waals surface area (Å²) in [5.41, 5.74) is -0.432. The van der Waals surface area contributed by atoms with E-state index in [9.17, 15) is 9.59 Å². The Hall–Kier alpha value is -1.41. The number of aromatic carboxylic acids is 1. The molecule has 0 unspecified atom stereocenters. The fourth-order valence-electron chi connectivity index (χ4n) is 1.34. The molecule has 2 aromatic heterocycles. The minimum absolute atomic E-state index is 0.108. The summed E-state index contributed by atoms with van der Waals surface area (Å²) in [6, 6.07) is 2.91. The molecule has 1 N–H and O–H groups in total. The Morgan fingerprint density at radius 2 is 2.17 bits per heavy atom. The molecule has 0 amide bonds. The number of carboxylic acids is 1. The standard InChI is InChI=1S/C10H6Br2N2O4/c11-5-1-7(12)9(15)14(3-5)4-6-2-8(10(16)17)13-18-6/h1-3H,4H2,(H,16,17). The van der Waals surface area contributed by atoms with E-state index in [1.165, 1.54) is 10.6 Å². The molecule has 0 aliphatic heterocycles. The smallest absolute Gasteiger partial charge is 0.358 e. The SMILES string of the molecule is O=C(O)c1cc(Cn2cc(Br)cc(Br)c2=O)on1. The molecular formula is C10H6Br2N2O4. The van der Waals surface area contributed by atoms with Gasteiger partial charge >= 0.3 is 5.97 Å². The van der Waals surface area contributed by atoms with Crippen molar-refractivity contribution in [3.63, 3.8) is 0 Å². The summed E-state index contributed by atoms with van der Waals surface area (Å²) in [6.07, 6.45) is 1.58. The van der Waals surface area contributed by atoms with Crippen molar-refractivity contribution in [2.24, 2.45) is 0 Å². The topological polar surface area (TPSA) is 85.3 Å². The molecule has 0 saturated carbocycles. The number of pyridine rings is 1. The zero-order valence-corrected chi connectivity index (χ0v) is 11.9. The monoisotopic (exact) mass is 376 g/mol. The van der Waals surface area contributed by atoms with Gasteiger partial charge in [0, 0.05) is 16.7 Å². The first-order chi connectivity index (χ1) is 8.47. The fourth-order valence-corrected chi connectivity index (χ4v) is 2.60. The van der Waals surface area contributed by atoms with Gasteiger partial charge in [0.05, 0.1) is 11.0 Å². The van der Waals surface area contributed by atoms with E-state index in [-0.39, 0.29) is 17.8 Å². The van der Waals surface area contributed by atoms with Crippen LogP contribution in [0, 0.1) is 0 Å². The van der Waals surface area contributed by atoms with Gasteiger partial charge in [-0.3, -0.25) is 4.79 Å². The van der Waals surface area contributed by atoms with Crippen molar-refractivity contribution in [3.8, 4) is 0 Å².